The first-order valence-electron chi connectivity index (χ1n) is 9.16. The molecule has 0 spiro atoms. The van der Waals surface area contributed by atoms with Crippen LogP contribution in [0.5, 0.6) is 11.5 Å². The molecule has 144 valence electrons. The van der Waals surface area contributed by atoms with E-state index >= 15 is 0 Å². The van der Waals surface area contributed by atoms with Crippen molar-refractivity contribution in [2.45, 2.75) is 13.5 Å². The summed E-state index contributed by atoms with van der Waals surface area (Å²) in [6.07, 6.45) is 0. The van der Waals surface area contributed by atoms with Crippen molar-refractivity contribution in [3.05, 3.63) is 53.6 Å². The third-order valence-corrected chi connectivity index (χ3v) is 4.84. The fraction of sp³-hybridized carbons (Fsp3) is 0.381. The molecule has 27 heavy (non-hydrogen) atoms. The molecule has 0 aromatic heterocycles. The number of carbonyl (C=O) groups is 1. The quantitative estimate of drug-likeness (QED) is 0.880. The van der Waals surface area contributed by atoms with Crippen molar-refractivity contribution >= 4 is 11.7 Å². The maximum atomic E-state index is 12.5. The predicted molar refractivity (Wildman–Crippen MR) is 107 cm³/mol. The van der Waals surface area contributed by atoms with Crippen LogP contribution in [0.1, 0.15) is 11.1 Å². The van der Waals surface area contributed by atoms with Gasteiger partial charge >= 0.3 is 6.03 Å². The third-order valence-electron chi connectivity index (χ3n) is 4.84. The molecule has 1 saturated heterocycles. The van der Waals surface area contributed by atoms with Gasteiger partial charge in [-0.1, -0.05) is 18.2 Å². The van der Waals surface area contributed by atoms with Crippen LogP contribution in [0.3, 0.4) is 0 Å². The zero-order chi connectivity index (χ0) is 19.2. The number of carbonyl (C=O) groups excluding carboxylic acids is 1. The van der Waals surface area contributed by atoms with Crippen LogP contribution in [0.4, 0.5) is 10.5 Å². The summed E-state index contributed by atoms with van der Waals surface area (Å²) in [5.41, 5.74) is 3.34. The minimum absolute atomic E-state index is 0.0262. The van der Waals surface area contributed by atoms with E-state index in [2.05, 4.69) is 23.2 Å². The number of ether oxygens (including phenoxy) is 2. The highest BCUT2D eigenvalue weighted by atomic mass is 16.5. The topological polar surface area (TPSA) is 54.0 Å². The number of methoxy groups -OCH3 is 2. The summed E-state index contributed by atoms with van der Waals surface area (Å²) < 4.78 is 10.6. The van der Waals surface area contributed by atoms with E-state index in [4.69, 9.17) is 9.47 Å². The number of anilines is 1. The maximum absolute atomic E-state index is 12.5. The Kier molecular flexibility index (Phi) is 6.06. The van der Waals surface area contributed by atoms with Gasteiger partial charge in [0.15, 0.2) is 0 Å². The molecule has 6 nitrogen and oxygen atoms in total. The predicted octanol–water partition coefficient (Wildman–Crippen LogP) is 3.04. The molecule has 1 heterocycles. The maximum Gasteiger partial charge on any atom is 0.317 e. The molecule has 1 N–H and O–H groups in total. The summed E-state index contributed by atoms with van der Waals surface area (Å²) in [4.78, 5) is 16.6. The average molecular weight is 369 g/mol. The van der Waals surface area contributed by atoms with E-state index in [0.29, 0.717) is 19.6 Å². The van der Waals surface area contributed by atoms with Crippen molar-refractivity contribution in [1.29, 1.82) is 0 Å². The van der Waals surface area contributed by atoms with Crippen molar-refractivity contribution in [1.82, 2.24) is 10.2 Å². The lowest BCUT2D eigenvalue weighted by Crippen LogP contribution is -2.51. The lowest BCUT2D eigenvalue weighted by molar-refractivity contribution is 0.194. The van der Waals surface area contributed by atoms with E-state index in [9.17, 15) is 4.79 Å². The Morgan fingerprint density at radius 2 is 1.70 bits per heavy atom. The van der Waals surface area contributed by atoms with E-state index in [1.807, 2.05) is 41.3 Å². The van der Waals surface area contributed by atoms with E-state index in [1.165, 1.54) is 5.56 Å². The van der Waals surface area contributed by atoms with Crippen LogP contribution >= 0.6 is 0 Å². The molecule has 2 aromatic rings. The molecule has 0 saturated carbocycles. The van der Waals surface area contributed by atoms with Gasteiger partial charge in [-0.2, -0.15) is 0 Å². The van der Waals surface area contributed by atoms with Crippen molar-refractivity contribution < 1.29 is 14.3 Å². The summed E-state index contributed by atoms with van der Waals surface area (Å²) in [5, 5.41) is 3.00. The average Bonchev–Trinajstić information content (AvgIpc) is 2.72. The molecular weight excluding hydrogens is 342 g/mol. The number of aryl methyl sites for hydroxylation is 1. The summed E-state index contributed by atoms with van der Waals surface area (Å²) in [6, 6.07) is 13.9. The minimum atomic E-state index is -0.0262. The van der Waals surface area contributed by atoms with Crippen molar-refractivity contribution in [3.8, 4) is 11.5 Å². The second-order valence-electron chi connectivity index (χ2n) is 6.66. The molecule has 2 amide bonds. The number of piperazine rings is 1. The van der Waals surface area contributed by atoms with Crippen LogP contribution in [-0.2, 0) is 6.54 Å². The Labute approximate surface area is 160 Å². The van der Waals surface area contributed by atoms with Crippen LogP contribution in [0.15, 0.2) is 42.5 Å². The molecule has 1 fully saturated rings. The highest BCUT2D eigenvalue weighted by Crippen LogP contribution is 2.30. The van der Waals surface area contributed by atoms with Gasteiger partial charge in [-0.05, 0) is 42.3 Å². The van der Waals surface area contributed by atoms with Crippen LogP contribution < -0.4 is 19.7 Å². The van der Waals surface area contributed by atoms with Crippen LogP contribution in [0.2, 0.25) is 0 Å². The number of benzene rings is 2. The van der Waals surface area contributed by atoms with E-state index in [1.54, 1.807) is 14.2 Å². The molecule has 0 radical (unpaired) electrons. The van der Waals surface area contributed by atoms with Gasteiger partial charge in [-0.3, -0.25) is 0 Å². The minimum Gasteiger partial charge on any atom is -0.497 e. The van der Waals surface area contributed by atoms with Gasteiger partial charge in [0.1, 0.15) is 11.5 Å². The van der Waals surface area contributed by atoms with Gasteiger partial charge in [-0.15, -0.1) is 0 Å². The molecule has 0 unspecified atom stereocenters. The second kappa shape index (κ2) is 8.66. The first-order valence-corrected chi connectivity index (χ1v) is 9.16. The number of rotatable bonds is 5. The number of hydrogen-bond donors (Lipinski definition) is 1. The lowest BCUT2D eigenvalue weighted by atomic mass is 10.1. The number of nitrogens with zero attached hydrogens (tertiary/aromatic N) is 2. The Bertz CT molecular complexity index is 769. The second-order valence-corrected chi connectivity index (χ2v) is 6.66. The Morgan fingerprint density at radius 1 is 1.00 bits per heavy atom. The molecule has 6 heteroatoms. The molecule has 2 aromatic carbocycles. The van der Waals surface area contributed by atoms with E-state index < -0.39 is 0 Å². The molecule has 3 rings (SSSR count). The standard InChI is InChI=1S/C21H27N3O3/c1-16-4-9-20(27-3)19(14-16)23-10-12-24(13-11-23)21(25)22-15-17-5-7-18(26-2)8-6-17/h4-9,14H,10-13,15H2,1-3H3,(H,22,25). The first-order chi connectivity index (χ1) is 13.1. The lowest BCUT2D eigenvalue weighted by Gasteiger charge is -2.36. The van der Waals surface area contributed by atoms with Crippen LogP contribution in [0, 0.1) is 6.92 Å². The number of nitrogens with one attached hydrogen (secondary N) is 1. The van der Waals surface area contributed by atoms with E-state index in [-0.39, 0.29) is 6.03 Å². The summed E-state index contributed by atoms with van der Waals surface area (Å²) >= 11 is 0. The van der Waals surface area contributed by atoms with Crippen molar-refractivity contribution in [2.24, 2.45) is 0 Å². The first kappa shape index (κ1) is 18.9. The molecule has 0 bridgehead atoms. The van der Waals surface area contributed by atoms with Crippen LogP contribution in [0.25, 0.3) is 0 Å². The molecular formula is C21H27N3O3. The zero-order valence-electron chi connectivity index (χ0n) is 16.2. The van der Waals surface area contributed by atoms with Crippen molar-refractivity contribution in [3.63, 3.8) is 0 Å². The fourth-order valence-corrected chi connectivity index (χ4v) is 3.23. The SMILES string of the molecule is COc1ccc(CNC(=O)N2CCN(c3cc(C)ccc3OC)CC2)cc1. The van der Waals surface area contributed by atoms with Gasteiger partial charge in [0.25, 0.3) is 0 Å². The largest absolute Gasteiger partial charge is 0.497 e. The molecule has 1 aliphatic rings. The highest BCUT2D eigenvalue weighted by molar-refractivity contribution is 5.74. The number of amides is 2. The Hall–Kier alpha value is -2.89. The monoisotopic (exact) mass is 369 g/mol. The van der Waals surface area contributed by atoms with Crippen molar-refractivity contribution in [2.75, 3.05) is 45.3 Å². The summed E-state index contributed by atoms with van der Waals surface area (Å²) in [6.45, 7) is 5.53. The third kappa shape index (κ3) is 4.64. The van der Waals surface area contributed by atoms with Crippen LogP contribution in [-0.4, -0.2) is 51.3 Å². The molecule has 0 atom stereocenters. The van der Waals surface area contributed by atoms with E-state index in [0.717, 1.165) is 35.8 Å². The smallest absolute Gasteiger partial charge is 0.317 e. The zero-order valence-corrected chi connectivity index (χ0v) is 16.2. The van der Waals surface area contributed by atoms with Gasteiger partial charge in [-0.25, -0.2) is 4.79 Å². The van der Waals surface area contributed by atoms with Gasteiger partial charge < -0.3 is 24.6 Å². The molecule has 0 aliphatic carbocycles. The number of urea groups is 1. The van der Waals surface area contributed by atoms with Gasteiger partial charge in [0.2, 0.25) is 0 Å². The Balaban J connectivity index is 1.52. The molecule has 1 aliphatic heterocycles. The van der Waals surface area contributed by atoms with Gasteiger partial charge in [0.05, 0.1) is 19.9 Å². The summed E-state index contributed by atoms with van der Waals surface area (Å²) in [7, 11) is 3.33. The fourth-order valence-electron chi connectivity index (χ4n) is 3.23. The summed E-state index contributed by atoms with van der Waals surface area (Å²) in [5.74, 6) is 1.69. The number of hydrogen-bond acceptors (Lipinski definition) is 4. The van der Waals surface area contributed by atoms with Gasteiger partial charge in [0, 0.05) is 32.7 Å². The highest BCUT2D eigenvalue weighted by Gasteiger charge is 2.22. The normalized spacial score (nSPS) is 14.0. The Morgan fingerprint density at radius 3 is 2.33 bits per heavy atom.